The number of hydrogen-bond donors (Lipinski definition) is 2. The summed E-state index contributed by atoms with van der Waals surface area (Å²) < 4.78 is 10.5. The maximum atomic E-state index is 13.5. The van der Waals surface area contributed by atoms with Crippen molar-refractivity contribution in [2.45, 2.75) is 44.2 Å². The first-order valence-electron chi connectivity index (χ1n) is 11.6. The molecule has 1 saturated carbocycles. The summed E-state index contributed by atoms with van der Waals surface area (Å²) in [4.78, 5) is 41.2. The van der Waals surface area contributed by atoms with E-state index in [-0.39, 0.29) is 43.5 Å². The molecule has 1 atom stereocenters. The van der Waals surface area contributed by atoms with Gasteiger partial charge in [0.05, 0.1) is 25.1 Å². The molecule has 0 radical (unpaired) electrons. The van der Waals surface area contributed by atoms with Gasteiger partial charge < -0.3 is 25.0 Å². The van der Waals surface area contributed by atoms with E-state index >= 15 is 0 Å². The SMILES string of the molecule is COCCN(C(=O)CNC(=O)c1cccs1)[C@H](C(=O)NC1CCCCC1)c1ccc(OC)cc1. The predicted molar refractivity (Wildman–Crippen MR) is 131 cm³/mol. The summed E-state index contributed by atoms with van der Waals surface area (Å²) in [7, 11) is 3.12. The van der Waals surface area contributed by atoms with E-state index in [9.17, 15) is 14.4 Å². The van der Waals surface area contributed by atoms with Crippen molar-refractivity contribution < 1.29 is 23.9 Å². The third kappa shape index (κ3) is 7.04. The number of hydrogen-bond acceptors (Lipinski definition) is 6. The molecule has 2 N–H and O–H groups in total. The summed E-state index contributed by atoms with van der Waals surface area (Å²) in [5, 5.41) is 7.63. The Morgan fingerprint density at radius 1 is 1.09 bits per heavy atom. The number of carbonyl (C=O) groups excluding carboxylic acids is 3. The molecule has 3 rings (SSSR count). The Hall–Kier alpha value is -2.91. The first-order chi connectivity index (χ1) is 16.5. The van der Waals surface area contributed by atoms with E-state index in [0.29, 0.717) is 16.2 Å². The summed E-state index contributed by atoms with van der Waals surface area (Å²) in [6.07, 6.45) is 5.21. The molecule has 0 saturated heterocycles. The topological polar surface area (TPSA) is 97.0 Å². The lowest BCUT2D eigenvalue weighted by atomic mass is 9.94. The molecule has 1 aromatic carbocycles. The quantitative estimate of drug-likeness (QED) is 0.508. The lowest BCUT2D eigenvalue weighted by Gasteiger charge is -2.33. The van der Waals surface area contributed by atoms with E-state index in [2.05, 4.69) is 10.6 Å². The second kappa shape index (κ2) is 13.1. The van der Waals surface area contributed by atoms with Crippen LogP contribution in [0.5, 0.6) is 5.75 Å². The minimum atomic E-state index is -0.853. The van der Waals surface area contributed by atoms with Crippen LogP contribution in [0.1, 0.15) is 53.4 Å². The highest BCUT2D eigenvalue weighted by atomic mass is 32.1. The van der Waals surface area contributed by atoms with E-state index in [4.69, 9.17) is 9.47 Å². The van der Waals surface area contributed by atoms with Crippen LogP contribution < -0.4 is 15.4 Å². The Labute approximate surface area is 204 Å². The average molecular weight is 488 g/mol. The Balaban J connectivity index is 1.82. The predicted octanol–water partition coefficient (Wildman–Crippen LogP) is 3.15. The number of methoxy groups -OCH3 is 2. The summed E-state index contributed by atoms with van der Waals surface area (Å²) >= 11 is 1.30. The molecule has 0 spiro atoms. The number of thiophene rings is 1. The lowest BCUT2D eigenvalue weighted by Crippen LogP contribution is -2.50. The Morgan fingerprint density at radius 2 is 1.82 bits per heavy atom. The molecule has 3 amide bonds. The molecule has 0 bridgehead atoms. The second-order valence-corrected chi connectivity index (χ2v) is 9.21. The van der Waals surface area contributed by atoms with E-state index in [0.717, 1.165) is 25.7 Å². The molecule has 0 unspecified atom stereocenters. The molecule has 1 aromatic heterocycles. The zero-order valence-electron chi connectivity index (χ0n) is 19.7. The highest BCUT2D eigenvalue weighted by Crippen LogP contribution is 2.26. The number of benzene rings is 1. The average Bonchev–Trinajstić information content (AvgIpc) is 3.41. The van der Waals surface area contributed by atoms with Crippen LogP contribution in [0.4, 0.5) is 0 Å². The largest absolute Gasteiger partial charge is 0.497 e. The molecule has 34 heavy (non-hydrogen) atoms. The maximum Gasteiger partial charge on any atom is 0.261 e. The van der Waals surface area contributed by atoms with Crippen LogP contribution in [-0.4, -0.2) is 62.6 Å². The monoisotopic (exact) mass is 487 g/mol. The standard InChI is InChI=1S/C25H33N3O5S/c1-32-15-14-28(22(29)17-26-24(30)21-9-6-16-34-21)23(18-10-12-20(33-2)13-11-18)25(31)27-19-7-4-3-5-8-19/h6,9-13,16,19,23H,3-5,7-8,14-15,17H2,1-2H3,(H,26,30)(H,27,31)/t23-/m0/s1. The molecule has 8 nitrogen and oxygen atoms in total. The van der Waals surface area contributed by atoms with E-state index < -0.39 is 6.04 Å². The van der Waals surface area contributed by atoms with E-state index in [1.54, 1.807) is 56.0 Å². The van der Waals surface area contributed by atoms with Crippen molar-refractivity contribution in [3.63, 3.8) is 0 Å². The molecule has 9 heteroatoms. The van der Waals surface area contributed by atoms with Crippen molar-refractivity contribution in [2.24, 2.45) is 0 Å². The maximum absolute atomic E-state index is 13.5. The molecule has 0 aliphatic heterocycles. The molecule has 184 valence electrons. The van der Waals surface area contributed by atoms with Gasteiger partial charge in [-0.25, -0.2) is 0 Å². The van der Waals surface area contributed by atoms with Crippen LogP contribution in [0.25, 0.3) is 0 Å². The molecule has 1 aliphatic rings. The van der Waals surface area contributed by atoms with Crippen molar-refractivity contribution in [3.05, 3.63) is 52.2 Å². The Morgan fingerprint density at radius 3 is 2.44 bits per heavy atom. The zero-order chi connectivity index (χ0) is 24.3. The van der Waals surface area contributed by atoms with Crippen LogP contribution in [0.2, 0.25) is 0 Å². The van der Waals surface area contributed by atoms with Crippen molar-refractivity contribution in [3.8, 4) is 5.75 Å². The van der Waals surface area contributed by atoms with E-state index in [1.807, 2.05) is 0 Å². The highest BCUT2D eigenvalue weighted by molar-refractivity contribution is 7.12. The Kier molecular flexibility index (Phi) is 9.90. The fraction of sp³-hybridized carbons (Fsp3) is 0.480. The van der Waals surface area contributed by atoms with Gasteiger partial charge in [0.1, 0.15) is 11.8 Å². The van der Waals surface area contributed by atoms with Gasteiger partial charge in [0.25, 0.3) is 5.91 Å². The summed E-state index contributed by atoms with van der Waals surface area (Å²) in [6.45, 7) is 0.247. The van der Waals surface area contributed by atoms with Crippen LogP contribution in [0, 0.1) is 0 Å². The van der Waals surface area contributed by atoms with Gasteiger partial charge in [0, 0.05) is 19.7 Å². The smallest absolute Gasteiger partial charge is 0.261 e. The summed E-state index contributed by atoms with van der Waals surface area (Å²) in [6, 6.07) is 9.85. The minimum absolute atomic E-state index is 0.0971. The zero-order valence-corrected chi connectivity index (χ0v) is 20.6. The summed E-state index contributed by atoms with van der Waals surface area (Å²) in [5.41, 5.74) is 0.670. The molecule has 1 heterocycles. The van der Waals surface area contributed by atoms with Gasteiger partial charge >= 0.3 is 0 Å². The molecule has 2 aromatic rings. The lowest BCUT2D eigenvalue weighted by molar-refractivity contribution is -0.141. The molecular weight excluding hydrogens is 454 g/mol. The second-order valence-electron chi connectivity index (χ2n) is 8.26. The van der Waals surface area contributed by atoms with Gasteiger partial charge in [-0.05, 0) is 42.0 Å². The third-order valence-corrected chi connectivity index (χ3v) is 6.81. The fourth-order valence-corrected chi connectivity index (χ4v) is 4.77. The number of nitrogens with zero attached hydrogens (tertiary/aromatic N) is 1. The van der Waals surface area contributed by atoms with Gasteiger partial charge in [0.2, 0.25) is 11.8 Å². The number of nitrogens with one attached hydrogen (secondary N) is 2. The van der Waals surface area contributed by atoms with Gasteiger partial charge in [-0.3, -0.25) is 14.4 Å². The van der Waals surface area contributed by atoms with E-state index in [1.165, 1.54) is 22.7 Å². The fourth-order valence-electron chi connectivity index (χ4n) is 4.13. The normalized spacial score (nSPS) is 14.8. The number of amides is 3. The van der Waals surface area contributed by atoms with Crippen molar-refractivity contribution in [1.82, 2.24) is 15.5 Å². The Bertz CT molecular complexity index is 927. The van der Waals surface area contributed by atoms with Crippen LogP contribution >= 0.6 is 11.3 Å². The number of carbonyl (C=O) groups is 3. The number of rotatable bonds is 11. The first kappa shape index (κ1) is 25.7. The third-order valence-electron chi connectivity index (χ3n) is 5.94. The number of ether oxygens (including phenoxy) is 2. The van der Waals surface area contributed by atoms with Crippen molar-refractivity contribution in [1.29, 1.82) is 0 Å². The molecule has 1 fully saturated rings. The highest BCUT2D eigenvalue weighted by Gasteiger charge is 2.33. The molecular formula is C25H33N3O5S. The van der Waals surface area contributed by atoms with Gasteiger partial charge in [-0.1, -0.05) is 37.5 Å². The minimum Gasteiger partial charge on any atom is -0.497 e. The van der Waals surface area contributed by atoms with Gasteiger partial charge in [-0.2, -0.15) is 0 Å². The van der Waals surface area contributed by atoms with Crippen LogP contribution in [-0.2, 0) is 14.3 Å². The van der Waals surface area contributed by atoms with Crippen LogP contribution in [0.15, 0.2) is 41.8 Å². The van der Waals surface area contributed by atoms with Crippen molar-refractivity contribution >= 4 is 29.1 Å². The van der Waals surface area contributed by atoms with Gasteiger partial charge in [-0.15, -0.1) is 11.3 Å². The summed E-state index contributed by atoms with van der Waals surface area (Å²) in [5.74, 6) is -0.247. The van der Waals surface area contributed by atoms with Crippen molar-refractivity contribution in [2.75, 3.05) is 33.9 Å². The van der Waals surface area contributed by atoms with Gasteiger partial charge in [0.15, 0.2) is 0 Å². The van der Waals surface area contributed by atoms with Crippen LogP contribution in [0.3, 0.4) is 0 Å². The first-order valence-corrected chi connectivity index (χ1v) is 12.5. The molecule has 1 aliphatic carbocycles.